The highest BCUT2D eigenvalue weighted by molar-refractivity contribution is 5.53. The standard InChI is InChI=1S/C13H20N2O/c1-13(16)7-2-9-15(10-8-13)12-5-3-11(14)4-6-12/h3-6,16H,2,7-10,14H2,1H3. The van der Waals surface area contributed by atoms with E-state index in [0.717, 1.165) is 38.0 Å². The molecule has 1 fully saturated rings. The third kappa shape index (κ3) is 2.67. The van der Waals surface area contributed by atoms with Crippen molar-refractivity contribution in [2.45, 2.75) is 31.8 Å². The Labute approximate surface area is 96.9 Å². The molecule has 1 aliphatic rings. The number of benzene rings is 1. The second-order valence-corrected chi connectivity index (χ2v) is 4.93. The normalized spacial score (nSPS) is 26.5. The first-order chi connectivity index (χ1) is 7.57. The lowest BCUT2D eigenvalue weighted by molar-refractivity contribution is 0.0481. The van der Waals surface area contributed by atoms with Crippen LogP contribution in [0.4, 0.5) is 11.4 Å². The lowest BCUT2D eigenvalue weighted by Crippen LogP contribution is -2.28. The molecule has 16 heavy (non-hydrogen) atoms. The molecule has 2 rings (SSSR count). The quantitative estimate of drug-likeness (QED) is 0.712. The van der Waals surface area contributed by atoms with E-state index in [4.69, 9.17) is 5.73 Å². The van der Waals surface area contributed by atoms with E-state index < -0.39 is 5.60 Å². The van der Waals surface area contributed by atoms with Gasteiger partial charge in [0.25, 0.3) is 0 Å². The lowest BCUT2D eigenvalue weighted by Gasteiger charge is -2.24. The minimum Gasteiger partial charge on any atom is -0.399 e. The SMILES string of the molecule is CC1(O)CCCN(c2ccc(N)cc2)CC1. The summed E-state index contributed by atoms with van der Waals surface area (Å²) in [5, 5.41) is 10.0. The summed E-state index contributed by atoms with van der Waals surface area (Å²) in [4.78, 5) is 2.32. The molecule has 0 radical (unpaired) electrons. The molecule has 3 heteroatoms. The van der Waals surface area contributed by atoms with E-state index >= 15 is 0 Å². The van der Waals surface area contributed by atoms with E-state index in [1.165, 1.54) is 5.69 Å². The van der Waals surface area contributed by atoms with Gasteiger partial charge in [0, 0.05) is 24.5 Å². The minimum absolute atomic E-state index is 0.497. The van der Waals surface area contributed by atoms with Gasteiger partial charge < -0.3 is 15.7 Å². The highest BCUT2D eigenvalue weighted by atomic mass is 16.3. The van der Waals surface area contributed by atoms with Crippen LogP contribution in [0.2, 0.25) is 0 Å². The molecule has 88 valence electrons. The van der Waals surface area contributed by atoms with Crippen molar-refractivity contribution in [1.82, 2.24) is 0 Å². The molecule has 0 spiro atoms. The number of nitrogens with zero attached hydrogens (tertiary/aromatic N) is 1. The first kappa shape index (κ1) is 11.3. The molecular weight excluding hydrogens is 200 g/mol. The monoisotopic (exact) mass is 220 g/mol. The molecule has 0 saturated carbocycles. The van der Waals surface area contributed by atoms with E-state index in [1.54, 1.807) is 0 Å². The molecule has 1 heterocycles. The van der Waals surface area contributed by atoms with Crippen molar-refractivity contribution in [2.75, 3.05) is 23.7 Å². The summed E-state index contributed by atoms with van der Waals surface area (Å²) in [6.45, 7) is 3.86. The Morgan fingerprint density at radius 2 is 1.88 bits per heavy atom. The van der Waals surface area contributed by atoms with Crippen LogP contribution in [0.5, 0.6) is 0 Å². The topological polar surface area (TPSA) is 49.5 Å². The van der Waals surface area contributed by atoms with Gasteiger partial charge in [0.1, 0.15) is 0 Å². The molecular formula is C13H20N2O. The average Bonchev–Trinajstić information content (AvgIpc) is 2.41. The molecule has 1 saturated heterocycles. The number of rotatable bonds is 1. The number of nitrogens with two attached hydrogens (primary N) is 1. The van der Waals surface area contributed by atoms with E-state index in [9.17, 15) is 5.11 Å². The van der Waals surface area contributed by atoms with Crippen molar-refractivity contribution >= 4 is 11.4 Å². The zero-order valence-corrected chi connectivity index (χ0v) is 9.82. The Bertz CT molecular complexity index is 345. The fourth-order valence-corrected chi connectivity index (χ4v) is 2.21. The number of anilines is 2. The third-order valence-electron chi connectivity index (χ3n) is 3.32. The van der Waals surface area contributed by atoms with Crippen molar-refractivity contribution in [1.29, 1.82) is 0 Å². The van der Waals surface area contributed by atoms with E-state index in [-0.39, 0.29) is 0 Å². The van der Waals surface area contributed by atoms with Crippen LogP contribution in [0.25, 0.3) is 0 Å². The second kappa shape index (κ2) is 4.34. The van der Waals surface area contributed by atoms with Gasteiger partial charge in [0.05, 0.1) is 5.60 Å². The number of hydrogen-bond acceptors (Lipinski definition) is 3. The van der Waals surface area contributed by atoms with Crippen LogP contribution in [0, 0.1) is 0 Å². The smallest absolute Gasteiger partial charge is 0.0637 e. The van der Waals surface area contributed by atoms with Crippen LogP contribution in [0.15, 0.2) is 24.3 Å². The summed E-state index contributed by atoms with van der Waals surface area (Å²) in [7, 11) is 0. The molecule has 1 unspecified atom stereocenters. The van der Waals surface area contributed by atoms with Crippen molar-refractivity contribution in [3.63, 3.8) is 0 Å². The van der Waals surface area contributed by atoms with Crippen LogP contribution in [-0.2, 0) is 0 Å². The Morgan fingerprint density at radius 1 is 1.19 bits per heavy atom. The Hall–Kier alpha value is -1.22. The molecule has 0 aromatic heterocycles. The number of aliphatic hydroxyl groups is 1. The van der Waals surface area contributed by atoms with Crippen LogP contribution < -0.4 is 10.6 Å². The summed E-state index contributed by atoms with van der Waals surface area (Å²) in [6.07, 6.45) is 2.76. The van der Waals surface area contributed by atoms with Crippen molar-refractivity contribution in [2.24, 2.45) is 0 Å². The summed E-state index contributed by atoms with van der Waals surface area (Å²) in [6, 6.07) is 7.96. The first-order valence-corrected chi connectivity index (χ1v) is 5.90. The Kier molecular flexibility index (Phi) is 3.06. The van der Waals surface area contributed by atoms with Crippen LogP contribution in [0.3, 0.4) is 0 Å². The highest BCUT2D eigenvalue weighted by Crippen LogP contribution is 2.25. The Balaban J connectivity index is 2.08. The molecule has 0 bridgehead atoms. The fraction of sp³-hybridized carbons (Fsp3) is 0.538. The predicted molar refractivity (Wildman–Crippen MR) is 67.5 cm³/mol. The highest BCUT2D eigenvalue weighted by Gasteiger charge is 2.24. The van der Waals surface area contributed by atoms with Gasteiger partial charge in [-0.25, -0.2) is 0 Å². The number of hydrogen-bond donors (Lipinski definition) is 2. The third-order valence-corrected chi connectivity index (χ3v) is 3.32. The maximum atomic E-state index is 10.0. The molecule has 1 aliphatic heterocycles. The summed E-state index contributed by atoms with van der Waals surface area (Å²) in [5.74, 6) is 0. The summed E-state index contributed by atoms with van der Waals surface area (Å²) in [5.41, 5.74) is 7.17. The van der Waals surface area contributed by atoms with Crippen molar-refractivity contribution in [3.05, 3.63) is 24.3 Å². The van der Waals surface area contributed by atoms with E-state index in [0.29, 0.717) is 0 Å². The molecule has 1 atom stereocenters. The minimum atomic E-state index is -0.497. The molecule has 3 nitrogen and oxygen atoms in total. The number of nitrogen functional groups attached to an aromatic ring is 1. The largest absolute Gasteiger partial charge is 0.399 e. The van der Waals surface area contributed by atoms with Crippen molar-refractivity contribution < 1.29 is 5.11 Å². The first-order valence-electron chi connectivity index (χ1n) is 5.90. The van der Waals surface area contributed by atoms with Gasteiger partial charge in [0.15, 0.2) is 0 Å². The lowest BCUT2D eigenvalue weighted by atomic mass is 9.98. The zero-order chi connectivity index (χ0) is 11.6. The van der Waals surface area contributed by atoms with Crippen LogP contribution >= 0.6 is 0 Å². The summed E-state index contributed by atoms with van der Waals surface area (Å²) < 4.78 is 0. The predicted octanol–water partition coefficient (Wildman–Crippen LogP) is 2.01. The molecule has 1 aromatic rings. The van der Waals surface area contributed by atoms with Gasteiger partial charge in [-0.2, -0.15) is 0 Å². The molecule has 3 N–H and O–H groups in total. The summed E-state index contributed by atoms with van der Waals surface area (Å²) >= 11 is 0. The zero-order valence-electron chi connectivity index (χ0n) is 9.82. The van der Waals surface area contributed by atoms with E-state index in [2.05, 4.69) is 17.0 Å². The maximum Gasteiger partial charge on any atom is 0.0637 e. The fourth-order valence-electron chi connectivity index (χ4n) is 2.21. The Morgan fingerprint density at radius 3 is 2.56 bits per heavy atom. The molecule has 0 aliphatic carbocycles. The molecule has 1 aromatic carbocycles. The van der Waals surface area contributed by atoms with Gasteiger partial charge in [-0.3, -0.25) is 0 Å². The van der Waals surface area contributed by atoms with E-state index in [1.807, 2.05) is 19.1 Å². The van der Waals surface area contributed by atoms with Gasteiger partial charge >= 0.3 is 0 Å². The van der Waals surface area contributed by atoms with Gasteiger partial charge in [-0.1, -0.05) is 0 Å². The maximum absolute atomic E-state index is 10.0. The van der Waals surface area contributed by atoms with Gasteiger partial charge in [0.2, 0.25) is 0 Å². The van der Waals surface area contributed by atoms with Gasteiger partial charge in [-0.05, 0) is 50.5 Å². The van der Waals surface area contributed by atoms with Crippen LogP contribution in [-0.4, -0.2) is 23.8 Å². The average molecular weight is 220 g/mol. The second-order valence-electron chi connectivity index (χ2n) is 4.93. The van der Waals surface area contributed by atoms with Gasteiger partial charge in [-0.15, -0.1) is 0 Å². The van der Waals surface area contributed by atoms with Crippen molar-refractivity contribution in [3.8, 4) is 0 Å². The molecule has 0 amide bonds. The van der Waals surface area contributed by atoms with Crippen LogP contribution in [0.1, 0.15) is 26.2 Å².